The van der Waals surface area contributed by atoms with Crippen LogP contribution in [0.25, 0.3) is 0 Å². The van der Waals surface area contributed by atoms with Crippen LogP contribution in [0.5, 0.6) is 5.75 Å². The Bertz CT molecular complexity index is 641. The third-order valence-electron chi connectivity index (χ3n) is 3.86. The highest BCUT2D eigenvalue weighted by Crippen LogP contribution is 2.18. The zero-order chi connectivity index (χ0) is 18.1. The SMILES string of the molecule is CCNC(=NCCNS(C)(=O)=O)N1CCC(Oc2ccccc2)CC1. The van der Waals surface area contributed by atoms with Gasteiger partial charge in [-0.05, 0) is 19.1 Å². The first kappa shape index (κ1) is 19.5. The summed E-state index contributed by atoms with van der Waals surface area (Å²) in [6.45, 7) is 5.25. The minimum absolute atomic E-state index is 0.216. The standard InChI is InChI=1S/C17H28N4O3S/c1-3-18-17(19-11-12-20-25(2,22)23)21-13-9-16(10-14-21)24-15-7-5-4-6-8-15/h4-8,16,20H,3,9-14H2,1-2H3,(H,18,19). The number of ether oxygens (including phenoxy) is 1. The minimum atomic E-state index is -3.17. The van der Waals surface area contributed by atoms with E-state index in [4.69, 9.17) is 4.74 Å². The molecule has 0 aromatic heterocycles. The molecule has 25 heavy (non-hydrogen) atoms. The van der Waals surface area contributed by atoms with E-state index in [1.54, 1.807) is 0 Å². The van der Waals surface area contributed by atoms with Crippen molar-refractivity contribution in [3.05, 3.63) is 30.3 Å². The van der Waals surface area contributed by atoms with Gasteiger partial charge in [-0.15, -0.1) is 0 Å². The molecule has 1 aromatic rings. The number of piperidine rings is 1. The number of guanidine groups is 1. The molecule has 0 amide bonds. The average Bonchev–Trinajstić information content (AvgIpc) is 2.58. The largest absolute Gasteiger partial charge is 0.490 e. The lowest BCUT2D eigenvalue weighted by Crippen LogP contribution is -2.47. The summed E-state index contributed by atoms with van der Waals surface area (Å²) < 4.78 is 30.7. The number of nitrogens with zero attached hydrogens (tertiary/aromatic N) is 2. The molecule has 7 nitrogen and oxygen atoms in total. The quantitative estimate of drug-likeness (QED) is 0.427. The molecule has 1 aromatic carbocycles. The summed E-state index contributed by atoms with van der Waals surface area (Å²) in [5.41, 5.74) is 0. The number of likely N-dealkylation sites (tertiary alicyclic amines) is 1. The van der Waals surface area contributed by atoms with Crippen molar-refractivity contribution in [2.45, 2.75) is 25.9 Å². The Morgan fingerprint density at radius 1 is 1.28 bits per heavy atom. The van der Waals surface area contributed by atoms with Gasteiger partial charge in [-0.2, -0.15) is 0 Å². The van der Waals surface area contributed by atoms with E-state index in [1.807, 2.05) is 37.3 Å². The maximum atomic E-state index is 11.1. The molecule has 1 fully saturated rings. The third-order valence-corrected chi connectivity index (χ3v) is 4.59. The van der Waals surface area contributed by atoms with Crippen molar-refractivity contribution in [3.8, 4) is 5.75 Å². The van der Waals surface area contributed by atoms with Gasteiger partial charge in [0, 0.05) is 39.0 Å². The summed E-state index contributed by atoms with van der Waals surface area (Å²) in [5.74, 6) is 1.74. The van der Waals surface area contributed by atoms with E-state index in [9.17, 15) is 8.42 Å². The minimum Gasteiger partial charge on any atom is -0.490 e. The number of rotatable bonds is 7. The number of nitrogens with one attached hydrogen (secondary N) is 2. The topological polar surface area (TPSA) is 83.0 Å². The fourth-order valence-corrected chi connectivity index (χ4v) is 3.16. The Morgan fingerprint density at radius 2 is 1.96 bits per heavy atom. The van der Waals surface area contributed by atoms with Gasteiger partial charge < -0.3 is 15.0 Å². The summed E-state index contributed by atoms with van der Waals surface area (Å²) in [6, 6.07) is 9.89. The van der Waals surface area contributed by atoms with Gasteiger partial charge in [0.15, 0.2) is 5.96 Å². The van der Waals surface area contributed by atoms with Gasteiger partial charge in [-0.25, -0.2) is 13.1 Å². The lowest BCUT2D eigenvalue weighted by atomic mass is 10.1. The molecule has 0 unspecified atom stereocenters. The first-order valence-corrected chi connectivity index (χ1v) is 10.6. The molecule has 1 saturated heterocycles. The predicted octanol–water partition coefficient (Wildman–Crippen LogP) is 1.04. The molecule has 8 heteroatoms. The van der Waals surface area contributed by atoms with Crippen LogP contribution < -0.4 is 14.8 Å². The molecule has 0 aliphatic carbocycles. The molecular weight excluding hydrogens is 340 g/mol. The smallest absolute Gasteiger partial charge is 0.208 e. The summed E-state index contributed by atoms with van der Waals surface area (Å²) >= 11 is 0. The molecule has 0 bridgehead atoms. The van der Waals surface area contributed by atoms with Crippen molar-refractivity contribution in [2.24, 2.45) is 4.99 Å². The molecular formula is C17H28N4O3S. The van der Waals surface area contributed by atoms with Crippen molar-refractivity contribution in [1.82, 2.24) is 14.9 Å². The molecule has 2 N–H and O–H groups in total. The number of aliphatic imine (C=N–C) groups is 1. The highest BCUT2D eigenvalue weighted by molar-refractivity contribution is 7.88. The molecule has 2 rings (SSSR count). The van der Waals surface area contributed by atoms with Crippen LogP contribution in [0.2, 0.25) is 0 Å². The lowest BCUT2D eigenvalue weighted by Gasteiger charge is -2.34. The van der Waals surface area contributed by atoms with E-state index in [-0.39, 0.29) is 6.10 Å². The normalized spacial score (nSPS) is 16.7. The Hall–Kier alpha value is -1.80. The number of hydrogen-bond donors (Lipinski definition) is 2. The first-order valence-electron chi connectivity index (χ1n) is 8.67. The van der Waals surface area contributed by atoms with Gasteiger partial charge >= 0.3 is 0 Å². The lowest BCUT2D eigenvalue weighted by molar-refractivity contribution is 0.129. The number of sulfonamides is 1. The van der Waals surface area contributed by atoms with Gasteiger partial charge in [0.2, 0.25) is 10.0 Å². The van der Waals surface area contributed by atoms with Crippen LogP contribution >= 0.6 is 0 Å². The van der Waals surface area contributed by atoms with Gasteiger partial charge in [-0.3, -0.25) is 4.99 Å². The summed E-state index contributed by atoms with van der Waals surface area (Å²) in [5, 5.41) is 3.27. The van der Waals surface area contributed by atoms with Crippen LogP contribution in [0, 0.1) is 0 Å². The monoisotopic (exact) mass is 368 g/mol. The summed E-state index contributed by atoms with van der Waals surface area (Å²) in [6.07, 6.45) is 3.23. The molecule has 0 saturated carbocycles. The molecule has 140 valence electrons. The van der Waals surface area contributed by atoms with Crippen LogP contribution in [0.4, 0.5) is 0 Å². The van der Waals surface area contributed by atoms with Crippen molar-refractivity contribution in [1.29, 1.82) is 0 Å². The van der Waals surface area contributed by atoms with Crippen LogP contribution in [-0.2, 0) is 10.0 Å². The first-order chi connectivity index (χ1) is 12.0. The Morgan fingerprint density at radius 3 is 2.56 bits per heavy atom. The van der Waals surface area contributed by atoms with E-state index >= 15 is 0 Å². The van der Waals surface area contributed by atoms with Crippen LogP contribution in [0.1, 0.15) is 19.8 Å². The van der Waals surface area contributed by atoms with Crippen LogP contribution in [0.3, 0.4) is 0 Å². The van der Waals surface area contributed by atoms with Gasteiger partial charge in [0.25, 0.3) is 0 Å². The Kier molecular flexibility index (Phi) is 7.52. The maximum Gasteiger partial charge on any atom is 0.208 e. The van der Waals surface area contributed by atoms with Crippen molar-refractivity contribution in [3.63, 3.8) is 0 Å². The van der Waals surface area contributed by atoms with E-state index < -0.39 is 10.0 Å². The molecule has 0 spiro atoms. The van der Waals surface area contributed by atoms with Crippen molar-refractivity contribution in [2.75, 3.05) is 39.0 Å². The molecule has 0 atom stereocenters. The predicted molar refractivity (Wildman–Crippen MR) is 100 cm³/mol. The van der Waals surface area contributed by atoms with Crippen LogP contribution in [-0.4, -0.2) is 64.4 Å². The number of para-hydroxylation sites is 1. The second-order valence-corrected chi connectivity index (χ2v) is 7.85. The van der Waals surface area contributed by atoms with Crippen LogP contribution in [0.15, 0.2) is 35.3 Å². The van der Waals surface area contributed by atoms with E-state index in [0.717, 1.165) is 50.4 Å². The van der Waals surface area contributed by atoms with Crippen molar-refractivity contribution < 1.29 is 13.2 Å². The fourth-order valence-electron chi connectivity index (χ4n) is 2.70. The van der Waals surface area contributed by atoms with E-state index in [1.165, 1.54) is 0 Å². The summed E-state index contributed by atoms with van der Waals surface area (Å²) in [4.78, 5) is 6.72. The Labute approximate surface area is 150 Å². The van der Waals surface area contributed by atoms with Gasteiger partial charge in [0.05, 0.1) is 12.8 Å². The summed E-state index contributed by atoms with van der Waals surface area (Å²) in [7, 11) is -3.17. The Balaban J connectivity index is 1.82. The second-order valence-electron chi connectivity index (χ2n) is 6.02. The second kappa shape index (κ2) is 9.62. The number of hydrogen-bond acceptors (Lipinski definition) is 4. The van der Waals surface area contributed by atoms with Gasteiger partial charge in [-0.1, -0.05) is 18.2 Å². The maximum absolute atomic E-state index is 11.1. The van der Waals surface area contributed by atoms with Gasteiger partial charge in [0.1, 0.15) is 11.9 Å². The van der Waals surface area contributed by atoms with E-state index in [2.05, 4.69) is 19.9 Å². The van der Waals surface area contributed by atoms with Crippen molar-refractivity contribution >= 4 is 16.0 Å². The molecule has 1 aliphatic heterocycles. The fraction of sp³-hybridized carbons (Fsp3) is 0.588. The third kappa shape index (κ3) is 7.31. The zero-order valence-corrected chi connectivity index (χ0v) is 15.8. The molecule has 1 heterocycles. The number of benzene rings is 1. The highest BCUT2D eigenvalue weighted by Gasteiger charge is 2.22. The molecule has 0 radical (unpaired) electrons. The van der Waals surface area contributed by atoms with E-state index in [0.29, 0.717) is 13.1 Å². The zero-order valence-electron chi connectivity index (χ0n) is 14.9. The highest BCUT2D eigenvalue weighted by atomic mass is 32.2. The molecule has 1 aliphatic rings. The average molecular weight is 369 g/mol.